The van der Waals surface area contributed by atoms with Gasteiger partial charge in [-0.15, -0.1) is 0 Å². The number of fused-ring (bicyclic) bond motifs is 7. The van der Waals surface area contributed by atoms with E-state index in [1.165, 1.54) is 55.6 Å². The minimum absolute atomic E-state index is 0.105. The zero-order valence-corrected chi connectivity index (χ0v) is 21.5. The van der Waals surface area contributed by atoms with Crippen molar-refractivity contribution in [1.29, 1.82) is 0 Å². The van der Waals surface area contributed by atoms with Crippen molar-refractivity contribution in [2.45, 2.75) is 63.9 Å². The first kappa shape index (κ1) is 21.9. The van der Waals surface area contributed by atoms with Gasteiger partial charge >= 0.3 is 0 Å². The molecule has 0 bridgehead atoms. The van der Waals surface area contributed by atoms with Crippen LogP contribution in [0, 0.1) is 28.6 Å². The molecule has 6 rings (SSSR count). The van der Waals surface area contributed by atoms with Crippen LogP contribution in [0.15, 0.2) is 72.4 Å². The van der Waals surface area contributed by atoms with Crippen molar-refractivity contribution in [2.24, 2.45) is 28.6 Å². The normalized spacial score (nSPS) is 43.0. The van der Waals surface area contributed by atoms with Gasteiger partial charge in [0.1, 0.15) is 0 Å². The fourth-order valence-corrected chi connectivity index (χ4v) is 13.2. The third-order valence-corrected chi connectivity index (χ3v) is 14.7. The van der Waals surface area contributed by atoms with E-state index in [-0.39, 0.29) is 13.3 Å². The highest BCUT2D eigenvalue weighted by Crippen LogP contribution is 2.83. The number of allylic oxidation sites excluding steroid dienone is 6. The van der Waals surface area contributed by atoms with Crippen LogP contribution in [-0.4, -0.2) is 17.5 Å². The molecular formula is C31H40NP. The first-order chi connectivity index (χ1) is 15.8. The summed E-state index contributed by atoms with van der Waals surface area (Å²) in [5.74, 6) is 2.60. The van der Waals surface area contributed by atoms with Crippen LogP contribution in [-0.2, 0) is 6.42 Å². The predicted octanol–water partition coefficient (Wildman–Crippen LogP) is 7.90. The van der Waals surface area contributed by atoms with Gasteiger partial charge in [0.2, 0.25) is 0 Å². The number of rotatable bonds is 4. The van der Waals surface area contributed by atoms with E-state index in [0.29, 0.717) is 10.6 Å². The molecule has 0 aromatic heterocycles. The summed E-state index contributed by atoms with van der Waals surface area (Å²) < 4.78 is 0. The Bertz CT molecular complexity index is 1060. The van der Waals surface area contributed by atoms with Crippen LogP contribution < -0.4 is 5.73 Å². The minimum Gasteiger partial charge on any atom is -0.399 e. The van der Waals surface area contributed by atoms with Gasteiger partial charge in [0, 0.05) is 16.3 Å². The third kappa shape index (κ3) is 2.94. The molecule has 33 heavy (non-hydrogen) atoms. The van der Waals surface area contributed by atoms with Crippen LogP contribution >= 0.6 is 7.92 Å². The molecule has 2 N–H and O–H groups in total. The molecule has 6 unspecified atom stereocenters. The molecule has 2 heterocycles. The van der Waals surface area contributed by atoms with Crippen LogP contribution in [0.3, 0.4) is 0 Å². The van der Waals surface area contributed by atoms with Crippen molar-refractivity contribution >= 4 is 13.6 Å². The molecule has 4 fully saturated rings. The van der Waals surface area contributed by atoms with Gasteiger partial charge in [-0.1, -0.05) is 76.4 Å². The number of anilines is 1. The summed E-state index contributed by atoms with van der Waals surface area (Å²) in [5, 5.41) is 0.458. The lowest BCUT2D eigenvalue weighted by Gasteiger charge is -2.62. The third-order valence-electron chi connectivity index (χ3n) is 11.0. The lowest BCUT2D eigenvalue weighted by atomic mass is 9.45. The first-order valence-corrected chi connectivity index (χ1v) is 14.9. The van der Waals surface area contributed by atoms with Crippen molar-refractivity contribution in [3.05, 3.63) is 77.9 Å². The largest absolute Gasteiger partial charge is 0.399 e. The standard InChI is InChI=1S/C31H40NP/c1-21-13-15-29(3)24(19-21)9-12-26-27(29)14-16-30(4)28(26)20-33-18-17-31(30,33)22(2)5-6-23-7-10-25(32)11-8-23/h7-8,10-11,13,15,19,26-28H,1-2,5-6,9,12,14,16-18,20,32H2,3-4H3/t26?,27?,28?,29-,30?,31?,33?/m1/s1. The van der Waals surface area contributed by atoms with Gasteiger partial charge in [0.25, 0.3) is 0 Å². The molecule has 2 saturated heterocycles. The molecule has 2 saturated carbocycles. The Morgan fingerprint density at radius 2 is 1.91 bits per heavy atom. The Labute approximate surface area is 202 Å². The molecule has 0 radical (unpaired) electrons. The van der Waals surface area contributed by atoms with Gasteiger partial charge in [-0.05, 0) is 104 Å². The highest BCUT2D eigenvalue weighted by Gasteiger charge is 2.70. The van der Waals surface area contributed by atoms with E-state index >= 15 is 0 Å². The van der Waals surface area contributed by atoms with E-state index in [0.717, 1.165) is 36.3 Å². The molecule has 3 aliphatic carbocycles. The van der Waals surface area contributed by atoms with Crippen molar-refractivity contribution in [1.82, 2.24) is 0 Å². The molecule has 2 heteroatoms. The van der Waals surface area contributed by atoms with Crippen LogP contribution in [0.4, 0.5) is 5.69 Å². The van der Waals surface area contributed by atoms with Gasteiger partial charge in [0.05, 0.1) is 0 Å². The number of hydrogen-bond acceptors (Lipinski definition) is 1. The molecule has 2 aliphatic heterocycles. The van der Waals surface area contributed by atoms with Crippen LogP contribution in [0.2, 0.25) is 0 Å². The summed E-state index contributed by atoms with van der Waals surface area (Å²) >= 11 is 0. The fourth-order valence-electron chi connectivity index (χ4n) is 9.06. The van der Waals surface area contributed by atoms with Gasteiger partial charge < -0.3 is 5.73 Å². The summed E-state index contributed by atoms with van der Waals surface area (Å²) in [6.07, 6.45) is 19.4. The maximum absolute atomic E-state index is 5.90. The lowest BCUT2D eigenvalue weighted by Crippen LogP contribution is -2.56. The first-order valence-electron chi connectivity index (χ1n) is 13.1. The SMILES string of the molecule is C=C1C=C[C@]2(C)C(=C1)CCC1C3CP4CCC4(C(=C)CCc4ccc(N)cc4)C3(C)CCC12. The summed E-state index contributed by atoms with van der Waals surface area (Å²) in [6.45, 7) is 14.3. The van der Waals surface area contributed by atoms with E-state index in [1.807, 2.05) is 12.1 Å². The van der Waals surface area contributed by atoms with Crippen molar-refractivity contribution in [2.75, 3.05) is 18.1 Å². The summed E-state index contributed by atoms with van der Waals surface area (Å²) in [6, 6.07) is 8.49. The quantitative estimate of drug-likeness (QED) is 0.278. The number of aryl methyl sites for hydroxylation is 1. The van der Waals surface area contributed by atoms with E-state index < -0.39 is 0 Å². The Balaban J connectivity index is 1.26. The van der Waals surface area contributed by atoms with E-state index in [1.54, 1.807) is 11.1 Å². The number of nitrogens with two attached hydrogens (primary N) is 1. The second kappa shape index (κ2) is 7.45. The van der Waals surface area contributed by atoms with Gasteiger partial charge in [-0.3, -0.25) is 0 Å². The molecule has 0 amide bonds. The average Bonchev–Trinajstić information content (AvgIpc) is 2.95. The Morgan fingerprint density at radius 3 is 2.64 bits per heavy atom. The maximum Gasteiger partial charge on any atom is 0.0314 e. The van der Waals surface area contributed by atoms with Crippen LogP contribution in [0.25, 0.3) is 0 Å². The van der Waals surface area contributed by atoms with E-state index in [4.69, 9.17) is 12.3 Å². The zero-order valence-electron chi connectivity index (χ0n) is 20.6. The highest BCUT2D eigenvalue weighted by molar-refractivity contribution is 7.61. The van der Waals surface area contributed by atoms with Crippen LogP contribution in [0.5, 0.6) is 0 Å². The topological polar surface area (TPSA) is 26.0 Å². The number of nitrogen functional groups attached to an aromatic ring is 1. The summed E-state index contributed by atoms with van der Waals surface area (Å²) in [4.78, 5) is 0. The van der Waals surface area contributed by atoms with E-state index in [9.17, 15) is 0 Å². The van der Waals surface area contributed by atoms with Gasteiger partial charge in [-0.2, -0.15) is 0 Å². The zero-order chi connectivity index (χ0) is 23.0. The molecule has 1 nitrogen and oxygen atoms in total. The highest BCUT2D eigenvalue weighted by atomic mass is 31.1. The van der Waals surface area contributed by atoms with E-state index in [2.05, 4.69) is 50.8 Å². The Hall–Kier alpha value is -1.59. The molecule has 174 valence electrons. The molecule has 5 aliphatic rings. The predicted molar refractivity (Wildman–Crippen MR) is 144 cm³/mol. The van der Waals surface area contributed by atoms with Gasteiger partial charge in [-0.25, -0.2) is 0 Å². The van der Waals surface area contributed by atoms with Crippen molar-refractivity contribution in [3.63, 3.8) is 0 Å². The Kier molecular flexibility index (Phi) is 4.95. The summed E-state index contributed by atoms with van der Waals surface area (Å²) in [7, 11) is 0.105. The lowest BCUT2D eigenvalue weighted by molar-refractivity contribution is -0.0306. The van der Waals surface area contributed by atoms with Gasteiger partial charge in [0.15, 0.2) is 0 Å². The monoisotopic (exact) mass is 457 g/mol. The second-order valence-electron chi connectivity index (χ2n) is 12.1. The number of hydrogen-bond donors (Lipinski definition) is 1. The summed E-state index contributed by atoms with van der Waals surface area (Å²) in [5.41, 5.74) is 13.3. The molecule has 7 atom stereocenters. The molecule has 1 aromatic carbocycles. The second-order valence-corrected chi connectivity index (χ2v) is 14.8. The minimum atomic E-state index is 0.105. The van der Waals surface area contributed by atoms with Crippen LogP contribution in [0.1, 0.15) is 57.9 Å². The fraction of sp³-hybridized carbons (Fsp3) is 0.548. The number of benzene rings is 1. The van der Waals surface area contributed by atoms with Crippen molar-refractivity contribution in [3.8, 4) is 0 Å². The smallest absolute Gasteiger partial charge is 0.0314 e. The Morgan fingerprint density at radius 1 is 1.12 bits per heavy atom. The molecular weight excluding hydrogens is 417 g/mol. The maximum atomic E-state index is 5.90. The molecule has 1 aromatic rings. The average molecular weight is 458 g/mol. The van der Waals surface area contributed by atoms with Crippen molar-refractivity contribution < 1.29 is 0 Å². The molecule has 0 spiro atoms.